The lowest BCUT2D eigenvalue weighted by Crippen LogP contribution is -2.45. The Kier molecular flexibility index (Phi) is 5.80. The molecule has 100 valence electrons. The molecule has 2 amide bonds. The van der Waals surface area contributed by atoms with Crippen LogP contribution in [0.1, 0.15) is 23.0 Å². The highest BCUT2D eigenvalue weighted by atomic mass is 32.1. The molecule has 1 aromatic rings. The van der Waals surface area contributed by atoms with Crippen LogP contribution in [-0.4, -0.2) is 48.1 Å². The smallest absolute Gasteiger partial charge is 0.261 e. The molecule has 0 aliphatic carbocycles. The summed E-state index contributed by atoms with van der Waals surface area (Å²) in [6.07, 6.45) is 0.536. The Morgan fingerprint density at radius 1 is 1.56 bits per heavy atom. The zero-order chi connectivity index (χ0) is 13.5. The SMILES string of the molecule is CC(NC(=O)c1cccs1)C(=O)N(C)CCCO. The molecule has 18 heavy (non-hydrogen) atoms. The first-order chi connectivity index (χ1) is 8.56. The molecule has 1 aromatic heterocycles. The molecule has 0 saturated carbocycles. The number of thiophene rings is 1. The highest BCUT2D eigenvalue weighted by molar-refractivity contribution is 7.12. The molecule has 0 saturated heterocycles. The van der Waals surface area contributed by atoms with Gasteiger partial charge in [-0.2, -0.15) is 0 Å². The van der Waals surface area contributed by atoms with Crippen molar-refractivity contribution in [2.75, 3.05) is 20.2 Å². The van der Waals surface area contributed by atoms with E-state index in [0.717, 1.165) is 0 Å². The van der Waals surface area contributed by atoms with Gasteiger partial charge in [0, 0.05) is 20.2 Å². The zero-order valence-corrected chi connectivity index (χ0v) is 11.4. The van der Waals surface area contributed by atoms with E-state index in [1.165, 1.54) is 16.2 Å². The highest BCUT2D eigenvalue weighted by Gasteiger charge is 2.19. The van der Waals surface area contributed by atoms with Crippen molar-refractivity contribution in [3.63, 3.8) is 0 Å². The minimum atomic E-state index is -0.566. The Labute approximate surface area is 110 Å². The van der Waals surface area contributed by atoms with Gasteiger partial charge in [-0.15, -0.1) is 11.3 Å². The van der Waals surface area contributed by atoms with E-state index in [1.54, 1.807) is 26.1 Å². The molecule has 0 bridgehead atoms. The molecule has 0 aliphatic rings. The molecule has 6 heteroatoms. The first kappa shape index (κ1) is 14.7. The second-order valence-electron chi connectivity index (χ2n) is 4.01. The fraction of sp³-hybridized carbons (Fsp3) is 0.500. The summed E-state index contributed by atoms with van der Waals surface area (Å²) in [5.74, 6) is -0.394. The maximum absolute atomic E-state index is 11.9. The quantitative estimate of drug-likeness (QED) is 0.799. The van der Waals surface area contributed by atoms with Gasteiger partial charge in [-0.25, -0.2) is 0 Å². The summed E-state index contributed by atoms with van der Waals surface area (Å²) in [5, 5.41) is 13.2. The minimum absolute atomic E-state index is 0.0492. The molecule has 1 heterocycles. The number of hydrogen-bond acceptors (Lipinski definition) is 4. The van der Waals surface area contributed by atoms with Crippen LogP contribution in [0.15, 0.2) is 17.5 Å². The third kappa shape index (κ3) is 4.12. The molecule has 0 spiro atoms. The summed E-state index contributed by atoms with van der Waals surface area (Å²) in [7, 11) is 1.66. The standard InChI is InChI=1S/C12H18N2O3S/c1-9(12(17)14(2)6-4-7-15)13-11(16)10-5-3-8-18-10/h3,5,8-9,15H,4,6-7H2,1-2H3,(H,13,16). The van der Waals surface area contributed by atoms with Crippen LogP contribution in [0.2, 0.25) is 0 Å². The molecule has 0 aromatic carbocycles. The molecule has 1 unspecified atom stereocenters. The van der Waals surface area contributed by atoms with Gasteiger partial charge in [-0.3, -0.25) is 9.59 Å². The number of carbonyl (C=O) groups is 2. The average Bonchev–Trinajstić information content (AvgIpc) is 2.88. The van der Waals surface area contributed by atoms with Gasteiger partial charge in [0.15, 0.2) is 0 Å². The highest BCUT2D eigenvalue weighted by Crippen LogP contribution is 2.08. The van der Waals surface area contributed by atoms with Gasteiger partial charge in [0.1, 0.15) is 6.04 Å². The topological polar surface area (TPSA) is 69.6 Å². The Balaban J connectivity index is 2.47. The number of amides is 2. The lowest BCUT2D eigenvalue weighted by Gasteiger charge is -2.21. The molecule has 5 nitrogen and oxygen atoms in total. The van der Waals surface area contributed by atoms with Gasteiger partial charge in [-0.05, 0) is 24.8 Å². The van der Waals surface area contributed by atoms with Gasteiger partial charge in [0.25, 0.3) is 5.91 Å². The summed E-state index contributed by atoms with van der Waals surface area (Å²) in [5.41, 5.74) is 0. The van der Waals surface area contributed by atoms with E-state index >= 15 is 0 Å². The Hall–Kier alpha value is -1.40. The van der Waals surface area contributed by atoms with Crippen molar-refractivity contribution >= 4 is 23.2 Å². The first-order valence-corrected chi connectivity index (χ1v) is 6.64. The second kappa shape index (κ2) is 7.13. The Morgan fingerprint density at radius 3 is 2.83 bits per heavy atom. The number of nitrogens with zero attached hydrogens (tertiary/aromatic N) is 1. The largest absolute Gasteiger partial charge is 0.396 e. The van der Waals surface area contributed by atoms with Crippen molar-refractivity contribution in [2.45, 2.75) is 19.4 Å². The third-order valence-corrected chi connectivity index (χ3v) is 3.36. The Morgan fingerprint density at radius 2 is 2.28 bits per heavy atom. The summed E-state index contributed by atoms with van der Waals surface area (Å²) >= 11 is 1.34. The average molecular weight is 270 g/mol. The van der Waals surface area contributed by atoms with Crippen LogP contribution in [0.5, 0.6) is 0 Å². The van der Waals surface area contributed by atoms with E-state index in [-0.39, 0.29) is 18.4 Å². The van der Waals surface area contributed by atoms with Crippen LogP contribution < -0.4 is 5.32 Å². The van der Waals surface area contributed by atoms with E-state index in [9.17, 15) is 9.59 Å². The van der Waals surface area contributed by atoms with E-state index in [0.29, 0.717) is 17.8 Å². The Bertz CT molecular complexity index is 392. The molecule has 0 radical (unpaired) electrons. The zero-order valence-electron chi connectivity index (χ0n) is 10.5. The normalized spacial score (nSPS) is 11.9. The predicted molar refractivity (Wildman–Crippen MR) is 70.6 cm³/mol. The number of carbonyl (C=O) groups excluding carboxylic acids is 2. The van der Waals surface area contributed by atoms with Gasteiger partial charge in [0.2, 0.25) is 5.91 Å². The lowest BCUT2D eigenvalue weighted by molar-refractivity contribution is -0.131. The van der Waals surface area contributed by atoms with Crippen molar-refractivity contribution in [1.29, 1.82) is 0 Å². The summed E-state index contributed by atoms with van der Waals surface area (Å²) < 4.78 is 0. The summed E-state index contributed by atoms with van der Waals surface area (Å²) in [6, 6.07) is 2.94. The molecule has 0 aliphatic heterocycles. The van der Waals surface area contributed by atoms with Crippen LogP contribution in [0, 0.1) is 0 Å². The van der Waals surface area contributed by atoms with Crippen molar-refractivity contribution < 1.29 is 14.7 Å². The summed E-state index contributed by atoms with van der Waals surface area (Å²) in [4.78, 5) is 25.7. The number of aliphatic hydroxyl groups excluding tert-OH is 1. The van der Waals surface area contributed by atoms with Crippen molar-refractivity contribution in [1.82, 2.24) is 10.2 Å². The maximum Gasteiger partial charge on any atom is 0.261 e. The molecular formula is C12H18N2O3S. The summed E-state index contributed by atoms with van der Waals surface area (Å²) in [6.45, 7) is 2.19. The van der Waals surface area contributed by atoms with Crippen LogP contribution in [0.25, 0.3) is 0 Å². The molecule has 1 rings (SSSR count). The van der Waals surface area contributed by atoms with Crippen molar-refractivity contribution in [3.05, 3.63) is 22.4 Å². The van der Waals surface area contributed by atoms with Crippen LogP contribution in [0.3, 0.4) is 0 Å². The van der Waals surface area contributed by atoms with Gasteiger partial charge >= 0.3 is 0 Å². The maximum atomic E-state index is 11.9. The molecule has 1 atom stereocenters. The molecule has 0 fully saturated rings. The van der Waals surface area contributed by atoms with Crippen LogP contribution in [-0.2, 0) is 4.79 Å². The van der Waals surface area contributed by atoms with E-state index in [1.807, 2.05) is 5.38 Å². The number of hydrogen-bond donors (Lipinski definition) is 2. The number of nitrogens with one attached hydrogen (secondary N) is 1. The number of aliphatic hydroxyl groups is 1. The van der Waals surface area contributed by atoms with Crippen LogP contribution >= 0.6 is 11.3 Å². The fourth-order valence-corrected chi connectivity index (χ4v) is 2.11. The first-order valence-electron chi connectivity index (χ1n) is 5.76. The van der Waals surface area contributed by atoms with Gasteiger partial charge < -0.3 is 15.3 Å². The molecule has 2 N–H and O–H groups in total. The monoisotopic (exact) mass is 270 g/mol. The number of rotatable bonds is 6. The van der Waals surface area contributed by atoms with Crippen molar-refractivity contribution in [2.24, 2.45) is 0 Å². The van der Waals surface area contributed by atoms with Gasteiger partial charge in [-0.1, -0.05) is 6.07 Å². The second-order valence-corrected chi connectivity index (χ2v) is 4.96. The van der Waals surface area contributed by atoms with E-state index in [4.69, 9.17) is 5.11 Å². The van der Waals surface area contributed by atoms with Crippen molar-refractivity contribution in [3.8, 4) is 0 Å². The van der Waals surface area contributed by atoms with Gasteiger partial charge in [0.05, 0.1) is 4.88 Å². The van der Waals surface area contributed by atoms with E-state index < -0.39 is 6.04 Å². The lowest BCUT2D eigenvalue weighted by atomic mass is 10.2. The van der Waals surface area contributed by atoms with E-state index in [2.05, 4.69) is 5.32 Å². The minimum Gasteiger partial charge on any atom is -0.396 e. The predicted octanol–water partition coefficient (Wildman–Crippen LogP) is 0.707. The van der Waals surface area contributed by atoms with Crippen LogP contribution in [0.4, 0.5) is 0 Å². The fourth-order valence-electron chi connectivity index (χ4n) is 1.49. The number of likely N-dealkylation sites (N-methyl/N-ethyl adjacent to an activating group) is 1. The molecular weight excluding hydrogens is 252 g/mol. The third-order valence-electron chi connectivity index (χ3n) is 2.49.